The second-order valence-electron chi connectivity index (χ2n) is 7.30. The van der Waals surface area contributed by atoms with Crippen LogP contribution in [0.2, 0.25) is 5.02 Å². The molecule has 0 saturated heterocycles. The SMILES string of the molecule is CC(C)c1ccc(OCc2nnc(SCC(=O)NCCc3cccc(Cl)c3)n2N)cc1. The minimum absolute atomic E-state index is 0.0990. The Kier molecular flexibility index (Phi) is 8.20. The molecule has 1 aromatic heterocycles. The number of hydrogen-bond acceptors (Lipinski definition) is 6. The summed E-state index contributed by atoms with van der Waals surface area (Å²) in [7, 11) is 0. The molecule has 0 atom stereocenters. The average molecular weight is 460 g/mol. The van der Waals surface area contributed by atoms with Crippen molar-refractivity contribution in [2.24, 2.45) is 0 Å². The van der Waals surface area contributed by atoms with E-state index in [4.69, 9.17) is 22.2 Å². The van der Waals surface area contributed by atoms with Crippen molar-refractivity contribution in [3.63, 3.8) is 0 Å². The van der Waals surface area contributed by atoms with Gasteiger partial charge in [-0.2, -0.15) is 0 Å². The Labute approximate surface area is 191 Å². The zero-order chi connectivity index (χ0) is 22.2. The first-order valence-corrected chi connectivity index (χ1v) is 11.3. The van der Waals surface area contributed by atoms with Crippen molar-refractivity contribution in [2.75, 3.05) is 18.1 Å². The van der Waals surface area contributed by atoms with Crippen molar-refractivity contribution in [3.8, 4) is 5.75 Å². The van der Waals surface area contributed by atoms with Crippen molar-refractivity contribution >= 4 is 29.3 Å². The van der Waals surface area contributed by atoms with Gasteiger partial charge >= 0.3 is 0 Å². The number of hydrogen-bond donors (Lipinski definition) is 2. The molecule has 1 amide bonds. The monoisotopic (exact) mass is 459 g/mol. The largest absolute Gasteiger partial charge is 0.486 e. The second-order valence-corrected chi connectivity index (χ2v) is 8.68. The number of nitrogens with two attached hydrogens (primary N) is 1. The molecule has 3 aromatic rings. The maximum absolute atomic E-state index is 12.1. The first-order chi connectivity index (χ1) is 14.9. The predicted octanol–water partition coefficient (Wildman–Crippen LogP) is 3.80. The zero-order valence-electron chi connectivity index (χ0n) is 17.5. The number of aromatic nitrogens is 3. The minimum Gasteiger partial charge on any atom is -0.486 e. The van der Waals surface area contributed by atoms with Crippen LogP contribution in [0.5, 0.6) is 5.75 Å². The number of rotatable bonds is 10. The lowest BCUT2D eigenvalue weighted by atomic mass is 10.0. The molecular weight excluding hydrogens is 434 g/mol. The van der Waals surface area contributed by atoms with E-state index in [9.17, 15) is 4.79 Å². The molecule has 3 rings (SSSR count). The molecule has 0 aliphatic carbocycles. The van der Waals surface area contributed by atoms with Crippen molar-refractivity contribution < 1.29 is 9.53 Å². The van der Waals surface area contributed by atoms with Crippen LogP contribution in [0.4, 0.5) is 0 Å². The summed E-state index contributed by atoms with van der Waals surface area (Å²) in [4.78, 5) is 12.1. The van der Waals surface area contributed by atoms with Gasteiger partial charge in [0.25, 0.3) is 0 Å². The summed E-state index contributed by atoms with van der Waals surface area (Å²) in [6.45, 7) is 5.01. The van der Waals surface area contributed by atoms with Gasteiger partial charge < -0.3 is 15.9 Å². The normalized spacial score (nSPS) is 11.0. The summed E-state index contributed by atoms with van der Waals surface area (Å²) in [6.07, 6.45) is 0.712. The van der Waals surface area contributed by atoms with Crippen LogP contribution in [0, 0.1) is 0 Å². The molecule has 7 nitrogen and oxygen atoms in total. The van der Waals surface area contributed by atoms with Crippen LogP contribution >= 0.6 is 23.4 Å². The zero-order valence-corrected chi connectivity index (χ0v) is 19.1. The van der Waals surface area contributed by atoms with Crippen molar-refractivity contribution in [1.82, 2.24) is 20.2 Å². The smallest absolute Gasteiger partial charge is 0.230 e. The third-order valence-corrected chi connectivity index (χ3v) is 5.79. The summed E-state index contributed by atoms with van der Waals surface area (Å²) < 4.78 is 7.10. The Hall–Kier alpha value is -2.71. The van der Waals surface area contributed by atoms with Gasteiger partial charge in [-0.3, -0.25) is 4.79 Å². The topological polar surface area (TPSA) is 95.1 Å². The van der Waals surface area contributed by atoms with E-state index in [0.717, 1.165) is 11.3 Å². The predicted molar refractivity (Wildman–Crippen MR) is 124 cm³/mol. The number of nitrogens with zero attached hydrogens (tertiary/aromatic N) is 3. The lowest BCUT2D eigenvalue weighted by Gasteiger charge is -2.09. The molecule has 0 radical (unpaired) electrons. The van der Waals surface area contributed by atoms with Crippen LogP contribution in [0.1, 0.15) is 36.7 Å². The number of ether oxygens (including phenoxy) is 1. The summed E-state index contributed by atoms with van der Waals surface area (Å²) >= 11 is 7.20. The summed E-state index contributed by atoms with van der Waals surface area (Å²) in [5.74, 6) is 7.84. The number of amides is 1. The summed E-state index contributed by atoms with van der Waals surface area (Å²) in [5, 5.41) is 12.1. The van der Waals surface area contributed by atoms with Crippen LogP contribution in [0.3, 0.4) is 0 Å². The standard InChI is InChI=1S/C22H26ClN5O2S/c1-15(2)17-6-8-19(9-7-17)30-13-20-26-27-22(28(20)24)31-14-21(29)25-11-10-16-4-3-5-18(23)12-16/h3-9,12,15H,10-11,13-14,24H2,1-2H3,(H,25,29). The number of benzene rings is 2. The van der Waals surface area contributed by atoms with Crippen LogP contribution < -0.4 is 15.9 Å². The highest BCUT2D eigenvalue weighted by Crippen LogP contribution is 2.20. The number of carbonyl (C=O) groups excluding carboxylic acids is 1. The Morgan fingerprint density at radius 1 is 1.23 bits per heavy atom. The molecular formula is C22H26ClN5O2S. The fraction of sp³-hybridized carbons (Fsp3) is 0.318. The molecule has 0 spiro atoms. The third-order valence-electron chi connectivity index (χ3n) is 4.61. The van der Waals surface area contributed by atoms with Crippen LogP contribution in [-0.4, -0.2) is 33.1 Å². The molecule has 0 unspecified atom stereocenters. The highest BCUT2D eigenvalue weighted by Gasteiger charge is 2.13. The van der Waals surface area contributed by atoms with Gasteiger partial charge in [-0.25, -0.2) is 4.68 Å². The molecule has 9 heteroatoms. The van der Waals surface area contributed by atoms with Gasteiger partial charge in [0.15, 0.2) is 5.82 Å². The lowest BCUT2D eigenvalue weighted by Crippen LogP contribution is -2.27. The highest BCUT2D eigenvalue weighted by atomic mass is 35.5. The van der Waals surface area contributed by atoms with Gasteiger partial charge in [0.05, 0.1) is 5.75 Å². The fourth-order valence-corrected chi connectivity index (χ4v) is 3.74. The number of carbonyl (C=O) groups is 1. The van der Waals surface area contributed by atoms with Gasteiger partial charge in [-0.05, 0) is 47.7 Å². The maximum Gasteiger partial charge on any atom is 0.230 e. The first-order valence-electron chi connectivity index (χ1n) is 9.98. The number of nitrogen functional groups attached to an aromatic ring is 1. The number of halogens is 1. The quantitative estimate of drug-likeness (QED) is 0.353. The van der Waals surface area contributed by atoms with E-state index in [0.29, 0.717) is 34.9 Å². The molecule has 164 valence electrons. The van der Waals surface area contributed by atoms with E-state index < -0.39 is 0 Å². The summed E-state index contributed by atoms with van der Waals surface area (Å²) in [5.41, 5.74) is 2.32. The average Bonchev–Trinajstić information content (AvgIpc) is 3.10. The van der Waals surface area contributed by atoms with E-state index >= 15 is 0 Å². The van der Waals surface area contributed by atoms with E-state index in [1.54, 1.807) is 0 Å². The first kappa shape index (κ1) is 23.0. The van der Waals surface area contributed by atoms with E-state index in [-0.39, 0.29) is 18.3 Å². The molecule has 3 N–H and O–H groups in total. The molecule has 31 heavy (non-hydrogen) atoms. The van der Waals surface area contributed by atoms with E-state index in [1.807, 2.05) is 48.5 Å². The van der Waals surface area contributed by atoms with Crippen LogP contribution in [0.25, 0.3) is 0 Å². The Bertz CT molecular complexity index is 1010. The molecule has 0 fully saturated rings. The van der Waals surface area contributed by atoms with Gasteiger partial charge in [-0.15, -0.1) is 10.2 Å². The number of nitrogens with one attached hydrogen (secondary N) is 1. The molecule has 0 aliphatic heterocycles. The second kappa shape index (κ2) is 11.1. The Balaban J connectivity index is 1.42. The van der Waals surface area contributed by atoms with Crippen molar-refractivity contribution in [1.29, 1.82) is 0 Å². The highest BCUT2D eigenvalue weighted by molar-refractivity contribution is 7.99. The molecule has 0 bridgehead atoms. The lowest BCUT2D eigenvalue weighted by molar-refractivity contribution is -0.118. The van der Waals surface area contributed by atoms with Gasteiger partial charge in [-0.1, -0.05) is 61.5 Å². The Morgan fingerprint density at radius 2 is 2.00 bits per heavy atom. The number of thioether (sulfide) groups is 1. The van der Waals surface area contributed by atoms with E-state index in [2.05, 4.69) is 29.4 Å². The van der Waals surface area contributed by atoms with Crippen molar-refractivity contribution in [2.45, 2.75) is 37.9 Å². The Morgan fingerprint density at radius 3 is 2.71 bits per heavy atom. The third kappa shape index (κ3) is 6.90. The van der Waals surface area contributed by atoms with Crippen molar-refractivity contribution in [3.05, 3.63) is 70.5 Å². The van der Waals surface area contributed by atoms with Gasteiger partial charge in [0.2, 0.25) is 11.1 Å². The molecule has 1 heterocycles. The van der Waals surface area contributed by atoms with E-state index in [1.165, 1.54) is 22.0 Å². The van der Waals surface area contributed by atoms with Gasteiger partial charge in [0.1, 0.15) is 12.4 Å². The maximum atomic E-state index is 12.1. The molecule has 0 saturated carbocycles. The van der Waals surface area contributed by atoms with Crippen LogP contribution in [-0.2, 0) is 17.8 Å². The molecule has 2 aromatic carbocycles. The minimum atomic E-state index is -0.0990. The fourth-order valence-electron chi connectivity index (χ4n) is 2.82. The van der Waals surface area contributed by atoms with Gasteiger partial charge in [0, 0.05) is 11.6 Å². The van der Waals surface area contributed by atoms with Crippen LogP contribution in [0.15, 0.2) is 53.7 Å². The molecule has 0 aliphatic rings. The summed E-state index contributed by atoms with van der Waals surface area (Å²) in [6, 6.07) is 15.5.